The molecule has 0 spiro atoms. The van der Waals surface area contributed by atoms with E-state index in [2.05, 4.69) is 0 Å². The van der Waals surface area contributed by atoms with Crippen LogP contribution in [0.5, 0.6) is 0 Å². The van der Waals surface area contributed by atoms with Crippen molar-refractivity contribution in [1.82, 2.24) is 9.80 Å². The number of piperidine rings is 1. The van der Waals surface area contributed by atoms with E-state index in [9.17, 15) is 9.59 Å². The molecule has 1 aromatic rings. The van der Waals surface area contributed by atoms with Crippen molar-refractivity contribution >= 4 is 23.4 Å². The predicted molar refractivity (Wildman–Crippen MR) is 94.6 cm³/mol. The summed E-state index contributed by atoms with van der Waals surface area (Å²) in [5.74, 6) is 0.778. The molecule has 2 aliphatic rings. The van der Waals surface area contributed by atoms with Gasteiger partial charge < -0.3 is 9.80 Å². The Balaban J connectivity index is 1.56. The molecule has 1 aliphatic carbocycles. The van der Waals surface area contributed by atoms with Crippen LogP contribution in [-0.4, -0.2) is 41.2 Å². The molecule has 0 N–H and O–H groups in total. The first-order valence-electron chi connectivity index (χ1n) is 8.91. The summed E-state index contributed by atoms with van der Waals surface area (Å²) in [5.41, 5.74) is 0.982. The Kier molecular flexibility index (Phi) is 5.44. The van der Waals surface area contributed by atoms with Crippen molar-refractivity contribution in [2.45, 2.75) is 39.2 Å². The number of hydrogen-bond donors (Lipinski definition) is 0. The summed E-state index contributed by atoms with van der Waals surface area (Å²) in [6, 6.07) is 7.67. The highest BCUT2D eigenvalue weighted by Gasteiger charge is 2.36. The summed E-state index contributed by atoms with van der Waals surface area (Å²) in [7, 11) is 0. The van der Waals surface area contributed by atoms with Gasteiger partial charge in [-0.2, -0.15) is 0 Å². The molecule has 0 bridgehead atoms. The minimum absolute atomic E-state index is 0.0238. The summed E-state index contributed by atoms with van der Waals surface area (Å²) in [4.78, 5) is 28.8. The number of benzene rings is 1. The van der Waals surface area contributed by atoms with Gasteiger partial charge in [-0.3, -0.25) is 9.59 Å². The molecule has 1 heterocycles. The van der Waals surface area contributed by atoms with Crippen LogP contribution in [0.3, 0.4) is 0 Å². The van der Waals surface area contributed by atoms with Crippen molar-refractivity contribution in [2.24, 2.45) is 11.8 Å². The molecule has 5 heteroatoms. The first-order valence-corrected chi connectivity index (χ1v) is 9.29. The molecule has 1 saturated carbocycles. The fourth-order valence-corrected chi connectivity index (χ4v) is 3.57. The maximum Gasteiger partial charge on any atom is 0.226 e. The summed E-state index contributed by atoms with van der Waals surface area (Å²) in [5, 5.41) is 0.702. The highest BCUT2D eigenvalue weighted by molar-refractivity contribution is 6.31. The number of likely N-dealkylation sites (tertiary alicyclic amines) is 1. The lowest BCUT2D eigenvalue weighted by molar-refractivity contribution is -0.141. The minimum Gasteiger partial charge on any atom is -0.342 e. The van der Waals surface area contributed by atoms with E-state index in [1.165, 1.54) is 0 Å². The van der Waals surface area contributed by atoms with E-state index in [1.807, 2.05) is 41.0 Å². The number of hydrogen-bond acceptors (Lipinski definition) is 2. The lowest BCUT2D eigenvalue weighted by Gasteiger charge is -2.34. The van der Waals surface area contributed by atoms with Crippen molar-refractivity contribution in [3.05, 3.63) is 34.9 Å². The van der Waals surface area contributed by atoms with E-state index >= 15 is 0 Å². The van der Waals surface area contributed by atoms with Crippen LogP contribution in [0.4, 0.5) is 0 Å². The first-order chi connectivity index (χ1) is 11.6. The molecule has 0 unspecified atom stereocenters. The number of rotatable bonds is 5. The smallest absolute Gasteiger partial charge is 0.226 e. The Labute approximate surface area is 148 Å². The lowest BCUT2D eigenvalue weighted by Crippen LogP contribution is -2.44. The number of carbonyl (C=O) groups is 2. The largest absolute Gasteiger partial charge is 0.342 e. The topological polar surface area (TPSA) is 40.6 Å². The molecule has 1 aliphatic heterocycles. The fraction of sp³-hybridized carbons (Fsp3) is 0.579. The molecule has 0 radical (unpaired) electrons. The van der Waals surface area contributed by atoms with E-state index in [0.29, 0.717) is 24.0 Å². The Morgan fingerprint density at radius 3 is 2.38 bits per heavy atom. The average Bonchev–Trinajstić information content (AvgIpc) is 3.45. The molecular weight excluding hydrogens is 324 g/mol. The number of carbonyl (C=O) groups excluding carboxylic acids is 2. The second-order valence-electron chi connectivity index (χ2n) is 6.82. The molecule has 2 fully saturated rings. The van der Waals surface area contributed by atoms with Crippen LogP contribution in [0.25, 0.3) is 0 Å². The van der Waals surface area contributed by atoms with Crippen molar-refractivity contribution < 1.29 is 9.59 Å². The van der Waals surface area contributed by atoms with E-state index in [4.69, 9.17) is 11.6 Å². The minimum atomic E-state index is 0.0238. The van der Waals surface area contributed by atoms with Gasteiger partial charge in [0.1, 0.15) is 0 Å². The summed E-state index contributed by atoms with van der Waals surface area (Å²) in [6.07, 6.45) is 3.63. The summed E-state index contributed by atoms with van der Waals surface area (Å²) >= 11 is 6.22. The third-order valence-corrected chi connectivity index (χ3v) is 5.46. The summed E-state index contributed by atoms with van der Waals surface area (Å²) in [6.45, 7) is 4.66. The molecule has 4 nitrogen and oxygen atoms in total. The molecule has 1 saturated heterocycles. The SMILES string of the molecule is CCN(Cc1ccccc1Cl)C(=O)C1CCN(C(=O)C2CC2)CC1. The van der Waals surface area contributed by atoms with Gasteiger partial charge in [-0.05, 0) is 44.2 Å². The zero-order valence-corrected chi connectivity index (χ0v) is 15.0. The number of nitrogens with zero attached hydrogens (tertiary/aromatic N) is 2. The van der Waals surface area contributed by atoms with Crippen LogP contribution in [-0.2, 0) is 16.1 Å². The van der Waals surface area contributed by atoms with Gasteiger partial charge in [0, 0.05) is 43.0 Å². The van der Waals surface area contributed by atoms with E-state index in [-0.39, 0.29) is 17.7 Å². The van der Waals surface area contributed by atoms with Crippen LogP contribution in [0.2, 0.25) is 5.02 Å². The van der Waals surface area contributed by atoms with Gasteiger partial charge in [0.15, 0.2) is 0 Å². The average molecular weight is 349 g/mol. The van der Waals surface area contributed by atoms with Gasteiger partial charge in [-0.1, -0.05) is 29.8 Å². The van der Waals surface area contributed by atoms with Crippen LogP contribution < -0.4 is 0 Å². The fourth-order valence-electron chi connectivity index (χ4n) is 3.37. The second kappa shape index (κ2) is 7.56. The Morgan fingerprint density at radius 1 is 1.12 bits per heavy atom. The van der Waals surface area contributed by atoms with Gasteiger partial charge in [-0.25, -0.2) is 0 Å². The number of halogens is 1. The van der Waals surface area contributed by atoms with Crippen LogP contribution in [0.1, 0.15) is 38.2 Å². The zero-order valence-electron chi connectivity index (χ0n) is 14.2. The third-order valence-electron chi connectivity index (χ3n) is 5.09. The van der Waals surface area contributed by atoms with E-state index in [1.54, 1.807) is 0 Å². The first kappa shape index (κ1) is 17.3. The van der Waals surface area contributed by atoms with Gasteiger partial charge in [0.2, 0.25) is 11.8 Å². The number of amides is 2. The van der Waals surface area contributed by atoms with Crippen LogP contribution >= 0.6 is 11.6 Å². The van der Waals surface area contributed by atoms with Crippen molar-refractivity contribution in [3.63, 3.8) is 0 Å². The monoisotopic (exact) mass is 348 g/mol. The Bertz CT molecular complexity index is 607. The molecule has 2 amide bonds. The van der Waals surface area contributed by atoms with Crippen LogP contribution in [0, 0.1) is 11.8 Å². The maximum absolute atomic E-state index is 12.8. The van der Waals surface area contributed by atoms with Crippen molar-refractivity contribution in [3.8, 4) is 0 Å². The van der Waals surface area contributed by atoms with E-state index in [0.717, 1.165) is 44.3 Å². The lowest BCUT2D eigenvalue weighted by atomic mass is 9.94. The quantitative estimate of drug-likeness (QED) is 0.818. The molecular formula is C19H25ClN2O2. The maximum atomic E-state index is 12.8. The predicted octanol–water partition coefficient (Wildman–Crippen LogP) is 3.34. The third kappa shape index (κ3) is 3.92. The molecule has 24 heavy (non-hydrogen) atoms. The Morgan fingerprint density at radius 2 is 1.79 bits per heavy atom. The molecule has 0 aromatic heterocycles. The van der Waals surface area contributed by atoms with Crippen LogP contribution in [0.15, 0.2) is 24.3 Å². The van der Waals surface area contributed by atoms with Gasteiger partial charge >= 0.3 is 0 Å². The van der Waals surface area contributed by atoms with Crippen molar-refractivity contribution in [1.29, 1.82) is 0 Å². The van der Waals surface area contributed by atoms with Crippen molar-refractivity contribution in [2.75, 3.05) is 19.6 Å². The molecule has 0 atom stereocenters. The van der Waals surface area contributed by atoms with Gasteiger partial charge in [-0.15, -0.1) is 0 Å². The zero-order chi connectivity index (χ0) is 17.1. The molecule has 130 valence electrons. The van der Waals surface area contributed by atoms with Gasteiger partial charge in [0.25, 0.3) is 0 Å². The molecule has 3 rings (SSSR count). The normalized spacial score (nSPS) is 18.5. The highest BCUT2D eigenvalue weighted by Crippen LogP contribution is 2.32. The van der Waals surface area contributed by atoms with E-state index < -0.39 is 0 Å². The highest BCUT2D eigenvalue weighted by atomic mass is 35.5. The Hall–Kier alpha value is -1.55. The second-order valence-corrected chi connectivity index (χ2v) is 7.22. The standard InChI is InChI=1S/C19H25ClN2O2/c1-2-21(13-16-5-3-4-6-17(16)20)18(23)15-9-11-22(12-10-15)19(24)14-7-8-14/h3-6,14-15H,2,7-13H2,1H3. The summed E-state index contributed by atoms with van der Waals surface area (Å²) < 4.78 is 0. The van der Waals surface area contributed by atoms with Gasteiger partial charge in [0.05, 0.1) is 0 Å². The molecule has 1 aromatic carbocycles.